The van der Waals surface area contributed by atoms with E-state index in [0.717, 1.165) is 123 Å². The first-order chi connectivity index (χ1) is 34.9. The molecule has 0 bridgehead atoms. The number of aliphatic hydroxyl groups excluding tert-OH is 2. The number of piperazine rings is 2. The summed E-state index contributed by atoms with van der Waals surface area (Å²) in [5.41, 5.74) is 4.18. The third-order valence-electron chi connectivity index (χ3n) is 13.4. The molecule has 2 atom stereocenters. The number of phenolic OH excluding ortho intramolecular Hbond substituents is 1. The van der Waals surface area contributed by atoms with Crippen LogP contribution in [0.1, 0.15) is 59.8 Å². The number of β-amino-alcohol motifs (C(OH)–C–C–N with tert-alkyl or cyclic N) is 2. The third kappa shape index (κ3) is 18.3. The van der Waals surface area contributed by atoms with Crippen molar-refractivity contribution in [2.24, 2.45) is 0 Å². The van der Waals surface area contributed by atoms with Crippen LogP contribution in [0.15, 0.2) is 155 Å². The molecule has 0 amide bonds. The number of nitrogens with zero attached hydrogens (tertiary/aromatic N) is 4. The maximum Gasteiger partial charge on any atom is 0.123 e. The van der Waals surface area contributed by atoms with Gasteiger partial charge in [0.15, 0.2) is 0 Å². The van der Waals surface area contributed by atoms with Crippen LogP contribution in [0.25, 0.3) is 0 Å². The minimum absolute atomic E-state index is 0.0984. The summed E-state index contributed by atoms with van der Waals surface area (Å²) in [4.78, 5) is 11.5. The summed E-state index contributed by atoms with van der Waals surface area (Å²) in [5.74, 6) is 0.395. The van der Waals surface area contributed by atoms with Gasteiger partial charge in [-0.25, -0.2) is 22.0 Å². The fourth-order valence-electron chi connectivity index (χ4n) is 9.42. The van der Waals surface area contributed by atoms with Crippen molar-refractivity contribution >= 4 is 23.5 Å². The summed E-state index contributed by atoms with van der Waals surface area (Å²) >= 11 is 3.14. The van der Waals surface area contributed by atoms with E-state index in [1.807, 2.05) is 60.7 Å². The minimum atomic E-state index is -0.432. The molecule has 0 spiro atoms. The molecule has 6 aromatic carbocycles. The van der Waals surface area contributed by atoms with Crippen LogP contribution >= 0.6 is 23.5 Å². The Morgan fingerprint density at radius 2 is 0.639 bits per heavy atom. The minimum Gasteiger partial charge on any atom is -0.508 e. The van der Waals surface area contributed by atoms with Crippen molar-refractivity contribution in [1.29, 1.82) is 0 Å². The topological polar surface area (TPSA) is 73.6 Å². The number of aliphatic hydroxyl groups is 2. The molecule has 2 fully saturated rings. The molecule has 2 aliphatic rings. The number of aromatic hydroxyl groups is 1. The highest BCUT2D eigenvalue weighted by atomic mass is 32.2. The Morgan fingerprint density at radius 3 is 0.944 bits per heavy atom. The molecule has 2 unspecified atom stereocenters. The highest BCUT2D eigenvalue weighted by Gasteiger charge is 2.23. The molecule has 2 aliphatic heterocycles. The first-order valence-corrected chi connectivity index (χ1v) is 27.0. The zero-order valence-corrected chi connectivity index (χ0v) is 42.4. The van der Waals surface area contributed by atoms with Crippen LogP contribution in [0.3, 0.4) is 0 Å². The van der Waals surface area contributed by atoms with Gasteiger partial charge in [0.05, 0.1) is 12.2 Å². The Labute approximate surface area is 430 Å². The Morgan fingerprint density at radius 1 is 0.375 bits per heavy atom. The zero-order chi connectivity index (χ0) is 50.7. The van der Waals surface area contributed by atoms with Crippen LogP contribution in [0.4, 0.5) is 22.0 Å². The molecule has 0 saturated carbocycles. The molecular weight excluding hydrogens is 960 g/mol. The molecule has 0 aliphatic carbocycles. The molecule has 2 saturated heterocycles. The highest BCUT2D eigenvalue weighted by Crippen LogP contribution is 2.32. The van der Waals surface area contributed by atoms with E-state index in [-0.39, 0.29) is 46.7 Å². The number of thioether (sulfide) groups is 2. The van der Waals surface area contributed by atoms with E-state index in [1.54, 1.807) is 47.8 Å². The molecule has 0 radical (unpaired) electrons. The predicted molar refractivity (Wildman–Crippen MR) is 281 cm³/mol. The zero-order valence-electron chi connectivity index (χ0n) is 40.7. The second kappa shape index (κ2) is 28.6. The molecule has 0 aromatic heterocycles. The lowest BCUT2D eigenvalue weighted by Crippen LogP contribution is -2.49. The maximum atomic E-state index is 13.5. The van der Waals surface area contributed by atoms with Gasteiger partial charge in [0.1, 0.15) is 34.8 Å². The Balaban J connectivity index is 0.000000211. The van der Waals surface area contributed by atoms with Crippen LogP contribution in [-0.4, -0.2) is 137 Å². The van der Waals surface area contributed by atoms with E-state index < -0.39 is 12.2 Å². The fraction of sp³-hybridized carbons (Fsp3) is 0.379. The van der Waals surface area contributed by atoms with Gasteiger partial charge in [-0.05, 0) is 158 Å². The lowest BCUT2D eigenvalue weighted by Gasteiger charge is -2.35. The van der Waals surface area contributed by atoms with E-state index in [1.165, 1.54) is 60.7 Å². The van der Waals surface area contributed by atoms with E-state index >= 15 is 0 Å². The van der Waals surface area contributed by atoms with E-state index in [9.17, 15) is 37.3 Å². The molecule has 7 nitrogen and oxygen atoms in total. The van der Waals surface area contributed by atoms with E-state index in [0.29, 0.717) is 24.6 Å². The van der Waals surface area contributed by atoms with Gasteiger partial charge in [-0.3, -0.25) is 9.80 Å². The molecule has 3 N–H and O–H groups in total. The van der Waals surface area contributed by atoms with Crippen molar-refractivity contribution in [3.8, 4) is 5.75 Å². The lowest BCUT2D eigenvalue weighted by molar-refractivity contribution is 0.0818. The van der Waals surface area contributed by atoms with Gasteiger partial charge in [0, 0.05) is 98.6 Å². The van der Waals surface area contributed by atoms with Crippen LogP contribution in [0.5, 0.6) is 5.75 Å². The van der Waals surface area contributed by atoms with Crippen molar-refractivity contribution in [2.45, 2.75) is 59.5 Å². The van der Waals surface area contributed by atoms with Crippen molar-refractivity contribution in [3.05, 3.63) is 197 Å². The summed E-state index contributed by atoms with van der Waals surface area (Å²) in [5, 5.41) is 30.3. The van der Waals surface area contributed by atoms with Crippen LogP contribution in [-0.2, 0) is 0 Å². The molecular formula is C58H67F5N4O3S2. The third-order valence-corrected chi connectivity index (χ3v) is 15.7. The molecule has 6 aromatic rings. The second-order valence-corrected chi connectivity index (χ2v) is 20.9. The van der Waals surface area contributed by atoms with Gasteiger partial charge < -0.3 is 25.1 Å². The number of halogens is 5. The number of phenols is 1. The smallest absolute Gasteiger partial charge is 0.123 e. The van der Waals surface area contributed by atoms with Gasteiger partial charge >= 0.3 is 0 Å². The van der Waals surface area contributed by atoms with Gasteiger partial charge in [0.25, 0.3) is 0 Å². The van der Waals surface area contributed by atoms with Gasteiger partial charge in [-0.15, -0.1) is 23.5 Å². The van der Waals surface area contributed by atoms with Crippen molar-refractivity contribution < 1.29 is 37.3 Å². The Kier molecular flexibility index (Phi) is 21.9. The maximum absolute atomic E-state index is 13.5. The SMILES string of the molecule is OC(CSc1ccc(F)cc1)CN1CCN(CCCC(c2ccc(F)cc2)c2ccc(F)cc2)CC1.Oc1ccc(SCC(O)CN2CCN(CCCC(c3ccc(F)cc3)c3ccc(F)cc3)CC2)cc1. The first-order valence-electron chi connectivity index (χ1n) is 25.0. The Hall–Kier alpha value is -4.77. The number of rotatable bonds is 22. The first kappa shape index (κ1) is 55.0. The highest BCUT2D eigenvalue weighted by molar-refractivity contribution is 7.99. The van der Waals surface area contributed by atoms with E-state index in [2.05, 4.69) is 19.6 Å². The summed E-state index contributed by atoms with van der Waals surface area (Å²) in [6.07, 6.45) is 2.95. The molecule has 384 valence electrons. The summed E-state index contributed by atoms with van der Waals surface area (Å²) in [7, 11) is 0. The van der Waals surface area contributed by atoms with Crippen LogP contribution in [0, 0.1) is 29.1 Å². The molecule has 2 heterocycles. The van der Waals surface area contributed by atoms with Crippen molar-refractivity contribution in [2.75, 3.05) is 90.0 Å². The average molecular weight is 1030 g/mol. The summed E-state index contributed by atoms with van der Waals surface area (Å²) in [6.45, 7) is 10.8. The quantitative estimate of drug-likeness (QED) is 0.0455. The average Bonchev–Trinajstić information content (AvgIpc) is 3.39. The van der Waals surface area contributed by atoms with Crippen LogP contribution < -0.4 is 0 Å². The molecule has 14 heteroatoms. The molecule has 72 heavy (non-hydrogen) atoms. The van der Waals surface area contributed by atoms with Gasteiger partial charge in [-0.2, -0.15) is 0 Å². The fourth-order valence-corrected chi connectivity index (χ4v) is 11.1. The van der Waals surface area contributed by atoms with E-state index in [4.69, 9.17) is 0 Å². The Bertz CT molecular complexity index is 2200. The normalized spacial score (nSPS) is 15.9. The standard InChI is InChI=1S/C29H33F3N2OS.C29H34F2N2O2S/c30-24-7-3-22(4-8-24)29(23-5-9-25(31)10-6-23)2-1-15-33-16-18-34(19-17-33)20-27(35)21-36-28-13-11-26(32)12-14-28;30-24-7-3-22(4-8-24)29(23-5-9-25(31)10-6-23)2-1-15-32-16-18-33(19-17-32)20-27(35)21-36-28-13-11-26(34)12-14-28/h3-14,27,29,35H,1-2,15-21H2;3-14,27,29,34-35H,1-2,15-21H2. The summed E-state index contributed by atoms with van der Waals surface area (Å²) < 4.78 is 66.9. The lowest BCUT2D eigenvalue weighted by atomic mass is 9.87. The summed E-state index contributed by atoms with van der Waals surface area (Å²) in [6, 6.07) is 39.9. The number of hydrogen-bond acceptors (Lipinski definition) is 9. The van der Waals surface area contributed by atoms with Crippen molar-refractivity contribution in [1.82, 2.24) is 19.6 Å². The predicted octanol–water partition coefficient (Wildman–Crippen LogP) is 11.1. The largest absolute Gasteiger partial charge is 0.508 e. The monoisotopic (exact) mass is 1030 g/mol. The number of benzene rings is 6. The van der Waals surface area contributed by atoms with Crippen LogP contribution in [0.2, 0.25) is 0 Å². The van der Waals surface area contributed by atoms with Crippen molar-refractivity contribution in [3.63, 3.8) is 0 Å². The van der Waals surface area contributed by atoms with Gasteiger partial charge in [-0.1, -0.05) is 48.5 Å². The number of hydrogen-bond donors (Lipinski definition) is 3. The molecule has 8 rings (SSSR count). The second-order valence-electron chi connectivity index (χ2n) is 18.8. The van der Waals surface area contributed by atoms with Gasteiger partial charge in [0.2, 0.25) is 0 Å².